The highest BCUT2D eigenvalue weighted by atomic mass is 19.1. The van der Waals surface area contributed by atoms with Gasteiger partial charge in [-0.25, -0.2) is 4.39 Å². The molecule has 1 atom stereocenters. The minimum Gasteiger partial charge on any atom is -0.389 e. The number of aliphatic hydroxyl groups is 1. The second-order valence-electron chi connectivity index (χ2n) is 5.80. The van der Waals surface area contributed by atoms with Crippen LogP contribution >= 0.6 is 0 Å². The van der Waals surface area contributed by atoms with Crippen LogP contribution in [0.5, 0.6) is 0 Å². The number of ether oxygens (including phenoxy) is 1. The largest absolute Gasteiger partial charge is 0.389 e. The molecule has 1 N–H and O–H groups in total. The van der Waals surface area contributed by atoms with Crippen molar-refractivity contribution in [1.82, 2.24) is 9.80 Å². The van der Waals surface area contributed by atoms with Gasteiger partial charge in [0, 0.05) is 39.3 Å². The standard InChI is InChI=1S/C17H25FN2O3/c1-2-23-13-16(21)12-19-7-9-20(10-8-19)17(22)11-14-3-5-15(18)6-4-14/h3-6,16,21H,2,7-13H2,1H3/t16-/m1/s1. The fourth-order valence-electron chi connectivity index (χ4n) is 2.67. The zero-order chi connectivity index (χ0) is 16.7. The number of carbonyl (C=O) groups excluding carboxylic acids is 1. The third-order valence-corrected chi connectivity index (χ3v) is 3.98. The molecule has 0 saturated carbocycles. The molecule has 1 aromatic carbocycles. The van der Waals surface area contributed by atoms with Gasteiger partial charge in [0.05, 0.1) is 19.1 Å². The predicted molar refractivity (Wildman–Crippen MR) is 85.6 cm³/mol. The van der Waals surface area contributed by atoms with Gasteiger partial charge >= 0.3 is 0 Å². The summed E-state index contributed by atoms with van der Waals surface area (Å²) in [5, 5.41) is 9.85. The molecule has 0 aromatic heterocycles. The Labute approximate surface area is 136 Å². The Morgan fingerprint density at radius 1 is 1.26 bits per heavy atom. The van der Waals surface area contributed by atoms with Crippen LogP contribution < -0.4 is 0 Å². The monoisotopic (exact) mass is 324 g/mol. The van der Waals surface area contributed by atoms with Crippen molar-refractivity contribution >= 4 is 5.91 Å². The van der Waals surface area contributed by atoms with E-state index < -0.39 is 6.10 Å². The van der Waals surface area contributed by atoms with Crippen LogP contribution in [0.2, 0.25) is 0 Å². The van der Waals surface area contributed by atoms with E-state index >= 15 is 0 Å². The van der Waals surface area contributed by atoms with Crippen molar-refractivity contribution in [2.24, 2.45) is 0 Å². The first kappa shape index (κ1) is 17.8. The van der Waals surface area contributed by atoms with E-state index in [0.717, 1.165) is 18.7 Å². The van der Waals surface area contributed by atoms with E-state index in [1.807, 2.05) is 11.8 Å². The molecule has 0 unspecified atom stereocenters. The molecule has 0 aliphatic carbocycles. The van der Waals surface area contributed by atoms with E-state index in [2.05, 4.69) is 4.90 Å². The summed E-state index contributed by atoms with van der Waals surface area (Å²) >= 11 is 0. The van der Waals surface area contributed by atoms with Gasteiger partial charge in [0.15, 0.2) is 0 Å². The Hall–Kier alpha value is -1.50. The lowest BCUT2D eigenvalue weighted by atomic mass is 10.1. The first-order valence-corrected chi connectivity index (χ1v) is 8.09. The quantitative estimate of drug-likeness (QED) is 0.810. The lowest BCUT2D eigenvalue weighted by Gasteiger charge is -2.35. The maximum atomic E-state index is 12.9. The molecule has 0 spiro atoms. The van der Waals surface area contributed by atoms with E-state index in [-0.39, 0.29) is 11.7 Å². The number of β-amino-alcohol motifs (C(OH)–C–C–N with tert-alkyl or cyclic N) is 1. The van der Waals surface area contributed by atoms with Gasteiger partial charge in [-0.05, 0) is 24.6 Å². The van der Waals surface area contributed by atoms with Crippen LogP contribution in [-0.4, -0.2) is 72.9 Å². The van der Waals surface area contributed by atoms with Crippen molar-refractivity contribution in [3.05, 3.63) is 35.6 Å². The first-order valence-electron chi connectivity index (χ1n) is 8.09. The summed E-state index contributed by atoms with van der Waals surface area (Å²) in [6.07, 6.45) is -0.191. The number of piperazine rings is 1. The zero-order valence-corrected chi connectivity index (χ0v) is 13.6. The van der Waals surface area contributed by atoms with E-state index in [9.17, 15) is 14.3 Å². The number of rotatable bonds is 7. The van der Waals surface area contributed by atoms with Gasteiger partial charge in [-0.15, -0.1) is 0 Å². The summed E-state index contributed by atoms with van der Waals surface area (Å²) in [5.41, 5.74) is 0.825. The Morgan fingerprint density at radius 3 is 2.52 bits per heavy atom. The average Bonchev–Trinajstić information content (AvgIpc) is 2.55. The van der Waals surface area contributed by atoms with Gasteiger partial charge in [0.2, 0.25) is 5.91 Å². The molecule has 1 fully saturated rings. The molecule has 0 radical (unpaired) electrons. The minimum atomic E-state index is -0.489. The van der Waals surface area contributed by atoms with Crippen LogP contribution in [0, 0.1) is 5.82 Å². The first-order chi connectivity index (χ1) is 11.1. The fraction of sp³-hybridized carbons (Fsp3) is 0.588. The minimum absolute atomic E-state index is 0.0612. The smallest absolute Gasteiger partial charge is 0.227 e. The van der Waals surface area contributed by atoms with Gasteiger partial charge in [0.25, 0.3) is 0 Å². The topological polar surface area (TPSA) is 53.0 Å². The highest BCUT2D eigenvalue weighted by Gasteiger charge is 2.22. The molecule has 0 bridgehead atoms. The average molecular weight is 324 g/mol. The van der Waals surface area contributed by atoms with Crippen molar-refractivity contribution in [1.29, 1.82) is 0 Å². The molecule has 1 saturated heterocycles. The molecule has 1 amide bonds. The fourth-order valence-corrected chi connectivity index (χ4v) is 2.67. The third-order valence-electron chi connectivity index (χ3n) is 3.98. The zero-order valence-electron chi connectivity index (χ0n) is 13.6. The Balaban J connectivity index is 1.73. The molecular formula is C17H25FN2O3. The maximum Gasteiger partial charge on any atom is 0.227 e. The van der Waals surface area contributed by atoms with E-state index in [0.29, 0.717) is 39.3 Å². The summed E-state index contributed by atoms with van der Waals surface area (Å²) < 4.78 is 18.1. The molecule has 1 heterocycles. The normalized spacial score (nSPS) is 17.3. The third kappa shape index (κ3) is 5.89. The lowest BCUT2D eigenvalue weighted by Crippen LogP contribution is -2.51. The van der Waals surface area contributed by atoms with Gasteiger partial charge in [-0.3, -0.25) is 9.69 Å². The highest BCUT2D eigenvalue weighted by Crippen LogP contribution is 2.08. The van der Waals surface area contributed by atoms with Gasteiger partial charge in [-0.2, -0.15) is 0 Å². The van der Waals surface area contributed by atoms with Crippen molar-refractivity contribution in [3.63, 3.8) is 0 Å². The van der Waals surface area contributed by atoms with Gasteiger partial charge in [0.1, 0.15) is 5.82 Å². The predicted octanol–water partition coefficient (Wildman–Crippen LogP) is 0.910. The SMILES string of the molecule is CCOC[C@H](O)CN1CCN(C(=O)Cc2ccc(F)cc2)CC1. The number of aliphatic hydroxyl groups excluding tert-OH is 1. The van der Waals surface area contributed by atoms with Crippen LogP contribution in [0.15, 0.2) is 24.3 Å². The van der Waals surface area contributed by atoms with Crippen molar-refractivity contribution < 1.29 is 19.0 Å². The number of nitrogens with zero attached hydrogens (tertiary/aromatic N) is 2. The maximum absolute atomic E-state index is 12.9. The lowest BCUT2D eigenvalue weighted by molar-refractivity contribution is -0.132. The highest BCUT2D eigenvalue weighted by molar-refractivity contribution is 5.78. The van der Waals surface area contributed by atoms with Crippen LogP contribution in [0.4, 0.5) is 4.39 Å². The van der Waals surface area contributed by atoms with Crippen LogP contribution in [-0.2, 0) is 16.0 Å². The van der Waals surface area contributed by atoms with Crippen molar-refractivity contribution in [3.8, 4) is 0 Å². The number of halogens is 1. The van der Waals surface area contributed by atoms with Gasteiger partial charge in [-0.1, -0.05) is 12.1 Å². The van der Waals surface area contributed by atoms with E-state index in [4.69, 9.17) is 4.74 Å². The summed E-state index contributed by atoms with van der Waals surface area (Å²) in [6, 6.07) is 6.04. The van der Waals surface area contributed by atoms with E-state index in [1.54, 1.807) is 12.1 Å². The summed E-state index contributed by atoms with van der Waals surface area (Å²) in [6.45, 7) is 6.22. The van der Waals surface area contributed by atoms with Gasteiger partial charge < -0.3 is 14.7 Å². The Kier molecular flexibility index (Phi) is 6.95. The van der Waals surface area contributed by atoms with Crippen molar-refractivity contribution in [2.45, 2.75) is 19.4 Å². The number of benzene rings is 1. The molecule has 2 rings (SSSR count). The Bertz CT molecular complexity index is 487. The molecule has 1 aliphatic heterocycles. The second-order valence-corrected chi connectivity index (χ2v) is 5.80. The summed E-state index contributed by atoms with van der Waals surface area (Å²) in [7, 11) is 0. The number of hydrogen-bond acceptors (Lipinski definition) is 4. The number of hydrogen-bond donors (Lipinski definition) is 1. The van der Waals surface area contributed by atoms with Crippen LogP contribution in [0.25, 0.3) is 0 Å². The molecular weight excluding hydrogens is 299 g/mol. The molecule has 1 aliphatic rings. The summed E-state index contributed by atoms with van der Waals surface area (Å²) in [5.74, 6) is -0.230. The molecule has 23 heavy (non-hydrogen) atoms. The number of amides is 1. The van der Waals surface area contributed by atoms with Crippen molar-refractivity contribution in [2.75, 3.05) is 45.9 Å². The Morgan fingerprint density at radius 2 is 1.91 bits per heavy atom. The van der Waals surface area contributed by atoms with Crippen LogP contribution in [0.1, 0.15) is 12.5 Å². The number of carbonyl (C=O) groups is 1. The molecule has 128 valence electrons. The van der Waals surface area contributed by atoms with Crippen LogP contribution in [0.3, 0.4) is 0 Å². The molecule has 6 heteroatoms. The molecule has 5 nitrogen and oxygen atoms in total. The second kappa shape index (κ2) is 8.96. The summed E-state index contributed by atoms with van der Waals surface area (Å²) in [4.78, 5) is 16.2. The molecule has 1 aromatic rings. The van der Waals surface area contributed by atoms with E-state index in [1.165, 1.54) is 12.1 Å².